The lowest BCUT2D eigenvalue weighted by Gasteiger charge is -2.16. The van der Waals surface area contributed by atoms with Crippen LogP contribution in [-0.4, -0.2) is 18.3 Å². The first-order valence-electron chi connectivity index (χ1n) is 4.77. The first-order chi connectivity index (χ1) is 7.36. The van der Waals surface area contributed by atoms with Crippen LogP contribution >= 0.6 is 0 Å². The minimum Gasteiger partial charge on any atom is -0.496 e. The normalized spacial score (nSPS) is 13.6. The van der Waals surface area contributed by atoms with Gasteiger partial charge in [-0.2, -0.15) is 13.2 Å². The number of aliphatic hydroxyl groups is 1. The summed E-state index contributed by atoms with van der Waals surface area (Å²) in [6.07, 6.45) is -5.02. The minimum atomic E-state index is -4.44. The average Bonchev–Trinajstić information content (AvgIpc) is 2.15. The van der Waals surface area contributed by atoms with Gasteiger partial charge >= 0.3 is 6.18 Å². The summed E-state index contributed by atoms with van der Waals surface area (Å²) in [4.78, 5) is 0. The lowest BCUT2D eigenvalue weighted by atomic mass is 10.0. The molecule has 90 valence electrons. The van der Waals surface area contributed by atoms with E-state index in [9.17, 15) is 18.3 Å². The Bertz CT molecular complexity index is 359. The van der Waals surface area contributed by atoms with Gasteiger partial charge in [-0.1, -0.05) is 12.1 Å². The van der Waals surface area contributed by atoms with Crippen LogP contribution in [0.1, 0.15) is 18.1 Å². The molecular weight excluding hydrogens is 221 g/mol. The molecule has 1 N–H and O–H groups in total. The molecule has 0 radical (unpaired) electrons. The number of methoxy groups -OCH3 is 1. The zero-order valence-corrected chi connectivity index (χ0v) is 9.01. The predicted octanol–water partition coefficient (Wildman–Crippen LogP) is 2.64. The lowest BCUT2D eigenvalue weighted by molar-refractivity contribution is -0.138. The maximum absolute atomic E-state index is 12.6. The van der Waals surface area contributed by atoms with Gasteiger partial charge in [0.2, 0.25) is 0 Å². The van der Waals surface area contributed by atoms with E-state index in [1.165, 1.54) is 26.2 Å². The number of alkyl halides is 3. The number of aliphatic hydroxyl groups excluding tert-OH is 1. The largest absolute Gasteiger partial charge is 0.496 e. The molecule has 0 aromatic heterocycles. The molecule has 0 spiro atoms. The Kier molecular flexibility index (Phi) is 3.80. The van der Waals surface area contributed by atoms with Crippen LogP contribution in [0, 0.1) is 0 Å². The molecule has 0 aliphatic rings. The van der Waals surface area contributed by atoms with Gasteiger partial charge in [-0.3, -0.25) is 0 Å². The Morgan fingerprint density at radius 1 is 1.38 bits per heavy atom. The molecule has 1 rings (SSSR count). The third kappa shape index (κ3) is 2.88. The van der Waals surface area contributed by atoms with E-state index in [1.807, 2.05) is 0 Å². The van der Waals surface area contributed by atoms with Crippen molar-refractivity contribution in [3.8, 4) is 5.75 Å². The molecule has 0 amide bonds. The lowest BCUT2D eigenvalue weighted by Crippen LogP contribution is -2.11. The molecule has 1 aromatic carbocycles. The zero-order chi connectivity index (χ0) is 12.3. The second-order valence-electron chi connectivity index (χ2n) is 3.55. The number of ether oxygens (including phenoxy) is 1. The molecule has 1 unspecified atom stereocenters. The van der Waals surface area contributed by atoms with Crippen molar-refractivity contribution in [3.05, 3.63) is 29.3 Å². The summed E-state index contributed by atoms with van der Waals surface area (Å²) in [5.74, 6) is -0.212. The number of halogens is 3. The van der Waals surface area contributed by atoms with Crippen LogP contribution in [0.15, 0.2) is 18.2 Å². The molecule has 1 atom stereocenters. The van der Waals surface area contributed by atoms with Gasteiger partial charge < -0.3 is 9.84 Å². The van der Waals surface area contributed by atoms with E-state index in [-0.39, 0.29) is 12.2 Å². The fourth-order valence-electron chi connectivity index (χ4n) is 1.53. The molecule has 1 aromatic rings. The van der Waals surface area contributed by atoms with Crippen LogP contribution in [0.25, 0.3) is 0 Å². The summed E-state index contributed by atoms with van der Waals surface area (Å²) in [5.41, 5.74) is -0.458. The Labute approximate surface area is 91.7 Å². The molecule has 0 saturated heterocycles. The molecule has 0 aliphatic carbocycles. The Hall–Kier alpha value is -1.23. The second-order valence-corrected chi connectivity index (χ2v) is 3.55. The van der Waals surface area contributed by atoms with Gasteiger partial charge in [0.1, 0.15) is 5.75 Å². The average molecular weight is 234 g/mol. The molecule has 5 heteroatoms. The first-order valence-corrected chi connectivity index (χ1v) is 4.77. The summed E-state index contributed by atoms with van der Waals surface area (Å²) in [7, 11) is 1.19. The SMILES string of the molecule is COc1c(CC(C)O)cccc1C(F)(F)F. The Morgan fingerprint density at radius 2 is 2.00 bits per heavy atom. The molecule has 2 nitrogen and oxygen atoms in total. The van der Waals surface area contributed by atoms with Gasteiger partial charge in [-0.25, -0.2) is 0 Å². The van der Waals surface area contributed by atoms with E-state index in [1.54, 1.807) is 0 Å². The zero-order valence-electron chi connectivity index (χ0n) is 9.01. The highest BCUT2D eigenvalue weighted by atomic mass is 19.4. The third-order valence-corrected chi connectivity index (χ3v) is 2.12. The quantitative estimate of drug-likeness (QED) is 0.871. The van der Waals surface area contributed by atoms with Gasteiger partial charge in [0.05, 0.1) is 18.8 Å². The Morgan fingerprint density at radius 3 is 2.44 bits per heavy atom. The van der Waals surface area contributed by atoms with Crippen molar-refractivity contribution in [2.24, 2.45) is 0 Å². The summed E-state index contributed by atoms with van der Waals surface area (Å²) >= 11 is 0. The Balaban J connectivity index is 3.21. The van der Waals surface area contributed by atoms with Gasteiger partial charge in [0.15, 0.2) is 0 Å². The van der Waals surface area contributed by atoms with Crippen LogP contribution < -0.4 is 4.74 Å². The van der Waals surface area contributed by atoms with Crippen LogP contribution in [0.4, 0.5) is 13.2 Å². The van der Waals surface area contributed by atoms with E-state index in [2.05, 4.69) is 0 Å². The van der Waals surface area contributed by atoms with E-state index < -0.39 is 17.8 Å². The summed E-state index contributed by atoms with van der Waals surface area (Å²) in [6, 6.07) is 3.79. The van der Waals surface area contributed by atoms with Crippen molar-refractivity contribution in [2.45, 2.75) is 25.6 Å². The van der Waals surface area contributed by atoms with Crippen LogP contribution in [-0.2, 0) is 12.6 Å². The van der Waals surface area contributed by atoms with Crippen LogP contribution in [0.5, 0.6) is 5.75 Å². The van der Waals surface area contributed by atoms with Crippen molar-refractivity contribution in [1.29, 1.82) is 0 Å². The van der Waals surface area contributed by atoms with E-state index in [0.29, 0.717) is 5.56 Å². The minimum absolute atomic E-state index is 0.132. The maximum Gasteiger partial charge on any atom is 0.419 e. The smallest absolute Gasteiger partial charge is 0.419 e. The van der Waals surface area contributed by atoms with Gasteiger partial charge in [0, 0.05) is 6.42 Å². The van der Waals surface area contributed by atoms with Gasteiger partial charge in [-0.15, -0.1) is 0 Å². The van der Waals surface area contributed by atoms with Crippen molar-refractivity contribution in [2.75, 3.05) is 7.11 Å². The summed E-state index contributed by atoms with van der Waals surface area (Å²) in [5, 5.41) is 9.18. The third-order valence-electron chi connectivity index (χ3n) is 2.12. The molecule has 0 heterocycles. The highest BCUT2D eigenvalue weighted by molar-refractivity contribution is 5.43. The summed E-state index contributed by atoms with van der Waals surface area (Å²) in [6.45, 7) is 1.51. The molecule has 0 bridgehead atoms. The topological polar surface area (TPSA) is 29.5 Å². The molecule has 16 heavy (non-hydrogen) atoms. The number of hydrogen-bond acceptors (Lipinski definition) is 2. The van der Waals surface area contributed by atoms with E-state index in [0.717, 1.165) is 6.07 Å². The highest BCUT2D eigenvalue weighted by Crippen LogP contribution is 2.38. The van der Waals surface area contributed by atoms with Crippen molar-refractivity contribution < 1.29 is 23.0 Å². The molecule has 0 fully saturated rings. The van der Waals surface area contributed by atoms with E-state index in [4.69, 9.17) is 4.74 Å². The number of hydrogen-bond donors (Lipinski definition) is 1. The molecular formula is C11H13F3O2. The summed E-state index contributed by atoms with van der Waals surface area (Å²) < 4.78 is 42.6. The van der Waals surface area contributed by atoms with E-state index >= 15 is 0 Å². The molecule has 0 saturated carbocycles. The molecule has 0 aliphatic heterocycles. The predicted molar refractivity (Wildman–Crippen MR) is 53.4 cm³/mol. The number of rotatable bonds is 3. The van der Waals surface area contributed by atoms with Crippen molar-refractivity contribution in [3.63, 3.8) is 0 Å². The van der Waals surface area contributed by atoms with Gasteiger partial charge in [-0.05, 0) is 18.6 Å². The van der Waals surface area contributed by atoms with Gasteiger partial charge in [0.25, 0.3) is 0 Å². The fourth-order valence-corrected chi connectivity index (χ4v) is 1.53. The monoisotopic (exact) mass is 234 g/mol. The van der Waals surface area contributed by atoms with Crippen molar-refractivity contribution >= 4 is 0 Å². The standard InChI is InChI=1S/C11H13F3O2/c1-7(15)6-8-4-3-5-9(10(8)16-2)11(12,13)14/h3-5,7,15H,6H2,1-2H3. The maximum atomic E-state index is 12.6. The fraction of sp³-hybridized carbons (Fsp3) is 0.455. The first kappa shape index (κ1) is 12.8. The second kappa shape index (κ2) is 4.74. The van der Waals surface area contributed by atoms with Crippen LogP contribution in [0.2, 0.25) is 0 Å². The van der Waals surface area contributed by atoms with Crippen molar-refractivity contribution in [1.82, 2.24) is 0 Å². The van der Waals surface area contributed by atoms with Crippen LogP contribution in [0.3, 0.4) is 0 Å². The number of para-hydroxylation sites is 1. The number of benzene rings is 1. The highest BCUT2D eigenvalue weighted by Gasteiger charge is 2.35.